The Bertz CT molecular complexity index is 315. The minimum absolute atomic E-state index is 0.345. The Labute approximate surface area is 85.8 Å². The molecule has 1 atom stereocenters. The van der Waals surface area contributed by atoms with Gasteiger partial charge in [-0.3, -0.25) is 0 Å². The molecule has 0 bridgehead atoms. The second-order valence-corrected chi connectivity index (χ2v) is 5.11. The Morgan fingerprint density at radius 1 is 1.31 bits per heavy atom. The smallest absolute Gasteiger partial charge is 0.0320 e. The third kappa shape index (κ3) is 1.50. The summed E-state index contributed by atoms with van der Waals surface area (Å²) in [6, 6.07) is 8.68. The second kappa shape index (κ2) is 3.06. The van der Waals surface area contributed by atoms with Crippen LogP contribution in [-0.2, 0) is 6.42 Å². The average Bonchev–Trinajstić information content (AvgIpc) is 2.13. The first-order chi connectivity index (χ1) is 6.11. The molecule has 0 amide bonds. The van der Waals surface area contributed by atoms with Crippen LogP contribution in [-0.4, -0.2) is 0 Å². The maximum absolute atomic E-state index is 4.72. The molecule has 0 aliphatic heterocycles. The van der Waals surface area contributed by atoms with E-state index in [9.17, 15) is 0 Å². The van der Waals surface area contributed by atoms with Crippen LogP contribution in [0.5, 0.6) is 0 Å². The van der Waals surface area contributed by atoms with E-state index >= 15 is 0 Å². The lowest BCUT2D eigenvalue weighted by Gasteiger charge is -2.37. The zero-order valence-corrected chi connectivity index (χ0v) is 9.14. The molecule has 13 heavy (non-hydrogen) atoms. The highest BCUT2D eigenvalue weighted by molar-refractivity contribution is 7.80. The predicted octanol–water partition coefficient (Wildman–Crippen LogP) is 3.63. The molecule has 0 spiro atoms. The SMILES string of the molecule is CC1(C)CCc2ccccc2C1S. The molecule has 2 rings (SSSR count). The minimum atomic E-state index is 0.345. The van der Waals surface area contributed by atoms with E-state index < -0.39 is 0 Å². The quantitative estimate of drug-likeness (QED) is 0.596. The number of thiol groups is 1. The molecular weight excluding hydrogens is 176 g/mol. The molecule has 0 nitrogen and oxygen atoms in total. The largest absolute Gasteiger partial charge is 0.171 e. The average molecular weight is 192 g/mol. The lowest BCUT2D eigenvalue weighted by molar-refractivity contribution is 0.309. The van der Waals surface area contributed by atoms with Crippen molar-refractivity contribution in [1.29, 1.82) is 0 Å². The van der Waals surface area contributed by atoms with E-state index in [0.717, 1.165) is 0 Å². The van der Waals surface area contributed by atoms with Crippen LogP contribution in [0.1, 0.15) is 36.6 Å². The molecule has 1 heteroatoms. The highest BCUT2D eigenvalue weighted by Gasteiger charge is 2.32. The second-order valence-electron chi connectivity index (χ2n) is 4.59. The van der Waals surface area contributed by atoms with Gasteiger partial charge in [-0.15, -0.1) is 0 Å². The number of aryl methyl sites for hydroxylation is 1. The Kier molecular flexibility index (Phi) is 2.15. The monoisotopic (exact) mass is 192 g/mol. The van der Waals surface area contributed by atoms with Gasteiger partial charge in [0.1, 0.15) is 0 Å². The van der Waals surface area contributed by atoms with Crippen LogP contribution in [0.4, 0.5) is 0 Å². The summed E-state index contributed by atoms with van der Waals surface area (Å²) in [5, 5.41) is 0.400. The number of benzene rings is 1. The number of fused-ring (bicyclic) bond motifs is 1. The van der Waals surface area contributed by atoms with Gasteiger partial charge < -0.3 is 0 Å². The van der Waals surface area contributed by atoms with Gasteiger partial charge in [0.15, 0.2) is 0 Å². The molecule has 0 saturated heterocycles. The molecule has 0 saturated carbocycles. The summed E-state index contributed by atoms with van der Waals surface area (Å²) in [6.07, 6.45) is 2.46. The van der Waals surface area contributed by atoms with Gasteiger partial charge in [-0.05, 0) is 29.4 Å². The number of hydrogen-bond donors (Lipinski definition) is 1. The highest BCUT2D eigenvalue weighted by Crippen LogP contribution is 2.46. The van der Waals surface area contributed by atoms with Gasteiger partial charge in [-0.1, -0.05) is 38.1 Å². The van der Waals surface area contributed by atoms with Crippen LogP contribution in [0.2, 0.25) is 0 Å². The summed E-state index contributed by atoms with van der Waals surface area (Å²) < 4.78 is 0. The predicted molar refractivity (Wildman–Crippen MR) is 60.3 cm³/mol. The summed E-state index contributed by atoms with van der Waals surface area (Å²) >= 11 is 4.72. The molecule has 0 N–H and O–H groups in total. The first-order valence-corrected chi connectivity index (χ1v) is 5.39. The maximum Gasteiger partial charge on any atom is 0.0320 e. The van der Waals surface area contributed by atoms with E-state index in [2.05, 4.69) is 38.1 Å². The summed E-state index contributed by atoms with van der Waals surface area (Å²) in [5.41, 5.74) is 3.26. The van der Waals surface area contributed by atoms with Crippen LogP contribution in [0.15, 0.2) is 24.3 Å². The van der Waals surface area contributed by atoms with Crippen LogP contribution >= 0.6 is 12.6 Å². The summed E-state index contributed by atoms with van der Waals surface area (Å²) in [6.45, 7) is 4.61. The Hall–Kier alpha value is -0.430. The highest BCUT2D eigenvalue weighted by atomic mass is 32.1. The Morgan fingerprint density at radius 2 is 2.00 bits per heavy atom. The van der Waals surface area contributed by atoms with Crippen molar-refractivity contribution in [2.45, 2.75) is 31.9 Å². The zero-order valence-electron chi connectivity index (χ0n) is 8.25. The van der Waals surface area contributed by atoms with Crippen LogP contribution in [0, 0.1) is 5.41 Å². The summed E-state index contributed by atoms with van der Waals surface area (Å²) in [5.74, 6) is 0. The van der Waals surface area contributed by atoms with Gasteiger partial charge in [-0.2, -0.15) is 12.6 Å². The number of rotatable bonds is 0. The van der Waals surface area contributed by atoms with Gasteiger partial charge in [-0.25, -0.2) is 0 Å². The van der Waals surface area contributed by atoms with Gasteiger partial charge in [0, 0.05) is 5.25 Å². The van der Waals surface area contributed by atoms with Crippen molar-refractivity contribution in [3.8, 4) is 0 Å². The zero-order chi connectivity index (χ0) is 9.47. The molecule has 70 valence electrons. The lowest BCUT2D eigenvalue weighted by atomic mass is 9.74. The molecule has 0 radical (unpaired) electrons. The van der Waals surface area contributed by atoms with Gasteiger partial charge in [0.25, 0.3) is 0 Å². The Morgan fingerprint density at radius 3 is 2.77 bits per heavy atom. The molecule has 1 aliphatic rings. The van der Waals surface area contributed by atoms with Crippen LogP contribution in [0.3, 0.4) is 0 Å². The van der Waals surface area contributed by atoms with Crippen molar-refractivity contribution in [2.24, 2.45) is 5.41 Å². The van der Waals surface area contributed by atoms with Gasteiger partial charge in [0.05, 0.1) is 0 Å². The maximum atomic E-state index is 4.72. The minimum Gasteiger partial charge on any atom is -0.171 e. The van der Waals surface area contributed by atoms with Crippen molar-refractivity contribution in [3.05, 3.63) is 35.4 Å². The van der Waals surface area contributed by atoms with Crippen molar-refractivity contribution in [3.63, 3.8) is 0 Å². The van der Waals surface area contributed by atoms with Crippen molar-refractivity contribution in [1.82, 2.24) is 0 Å². The van der Waals surface area contributed by atoms with E-state index in [1.165, 1.54) is 24.0 Å². The van der Waals surface area contributed by atoms with Crippen LogP contribution < -0.4 is 0 Å². The molecule has 0 aromatic heterocycles. The topological polar surface area (TPSA) is 0 Å². The normalized spacial score (nSPS) is 25.3. The molecular formula is C12H16S. The molecule has 1 aliphatic carbocycles. The summed E-state index contributed by atoms with van der Waals surface area (Å²) in [4.78, 5) is 0. The Balaban J connectivity index is 2.45. The first-order valence-electron chi connectivity index (χ1n) is 4.87. The van der Waals surface area contributed by atoms with Crippen LogP contribution in [0.25, 0.3) is 0 Å². The fourth-order valence-electron chi connectivity index (χ4n) is 2.04. The standard InChI is InChI=1S/C12H16S/c1-12(2)8-7-9-5-3-4-6-10(9)11(12)13/h3-6,11,13H,7-8H2,1-2H3. The van der Waals surface area contributed by atoms with Crippen molar-refractivity contribution >= 4 is 12.6 Å². The molecule has 1 unspecified atom stereocenters. The third-order valence-corrected chi connectivity index (χ3v) is 4.11. The van der Waals surface area contributed by atoms with E-state index in [1.54, 1.807) is 0 Å². The molecule has 0 heterocycles. The fraction of sp³-hybridized carbons (Fsp3) is 0.500. The third-order valence-electron chi connectivity index (χ3n) is 3.13. The van der Waals surface area contributed by atoms with Gasteiger partial charge in [0.2, 0.25) is 0 Å². The van der Waals surface area contributed by atoms with Crippen molar-refractivity contribution < 1.29 is 0 Å². The van der Waals surface area contributed by atoms with E-state index in [0.29, 0.717) is 10.7 Å². The van der Waals surface area contributed by atoms with E-state index in [1.807, 2.05) is 0 Å². The molecule has 1 aromatic rings. The van der Waals surface area contributed by atoms with Crippen molar-refractivity contribution in [2.75, 3.05) is 0 Å². The van der Waals surface area contributed by atoms with E-state index in [-0.39, 0.29) is 0 Å². The lowest BCUT2D eigenvalue weighted by Crippen LogP contribution is -2.24. The molecule has 0 fully saturated rings. The first kappa shape index (κ1) is 9.14. The van der Waals surface area contributed by atoms with E-state index in [4.69, 9.17) is 12.6 Å². The number of hydrogen-bond acceptors (Lipinski definition) is 1. The summed E-state index contributed by atoms with van der Waals surface area (Å²) in [7, 11) is 0. The molecule has 1 aromatic carbocycles. The fourth-order valence-corrected chi connectivity index (χ4v) is 2.42. The van der Waals surface area contributed by atoms with Gasteiger partial charge >= 0.3 is 0 Å².